The lowest BCUT2D eigenvalue weighted by atomic mass is 9.58. The third-order valence-electron chi connectivity index (χ3n) is 3.94. The van der Waals surface area contributed by atoms with Crippen molar-refractivity contribution in [2.75, 3.05) is 6.61 Å². The Morgan fingerprint density at radius 2 is 1.79 bits per heavy atom. The molecule has 1 fully saturated rings. The fourth-order valence-electron chi connectivity index (χ4n) is 3.40. The molecule has 4 atom stereocenters. The van der Waals surface area contributed by atoms with E-state index in [0.29, 0.717) is 11.8 Å². The molecule has 0 aromatic rings. The maximum atomic E-state index is 10.1. The van der Waals surface area contributed by atoms with Gasteiger partial charge in [-0.25, -0.2) is 0 Å². The average molecular weight is 196 g/mol. The van der Waals surface area contributed by atoms with Crippen molar-refractivity contribution in [3.05, 3.63) is 12.2 Å². The molecular weight excluding hydrogens is 176 g/mol. The van der Waals surface area contributed by atoms with E-state index in [1.807, 2.05) is 13.8 Å². The number of aliphatic hydroxyl groups excluding tert-OH is 1. The Balaban J connectivity index is 2.27. The molecule has 1 saturated carbocycles. The average Bonchev–Trinajstić information content (AvgIpc) is 2.16. The summed E-state index contributed by atoms with van der Waals surface area (Å²) in [6.07, 6.45) is 6.82. The molecule has 0 unspecified atom stereocenters. The molecule has 0 spiro atoms. The van der Waals surface area contributed by atoms with Crippen molar-refractivity contribution in [1.29, 1.82) is 0 Å². The molecule has 0 heterocycles. The maximum absolute atomic E-state index is 10.1. The van der Waals surface area contributed by atoms with Crippen LogP contribution in [-0.2, 0) is 0 Å². The molecular formula is C12H20O2. The van der Waals surface area contributed by atoms with Crippen LogP contribution >= 0.6 is 0 Å². The van der Waals surface area contributed by atoms with Crippen molar-refractivity contribution in [1.82, 2.24) is 0 Å². The van der Waals surface area contributed by atoms with Gasteiger partial charge in [-0.05, 0) is 50.4 Å². The van der Waals surface area contributed by atoms with E-state index in [0.717, 1.165) is 0 Å². The van der Waals surface area contributed by atoms with Gasteiger partial charge in [0.25, 0.3) is 0 Å². The summed E-state index contributed by atoms with van der Waals surface area (Å²) in [6.45, 7) is 3.95. The Labute approximate surface area is 85.6 Å². The van der Waals surface area contributed by atoms with Gasteiger partial charge < -0.3 is 10.2 Å². The first-order valence-electron chi connectivity index (χ1n) is 5.55. The number of aliphatic hydroxyl groups is 2. The van der Waals surface area contributed by atoms with Crippen LogP contribution in [0.1, 0.15) is 26.7 Å². The van der Waals surface area contributed by atoms with Crippen molar-refractivity contribution in [2.45, 2.75) is 32.3 Å². The molecule has 2 bridgehead atoms. The Bertz CT molecular complexity index is 239. The van der Waals surface area contributed by atoms with E-state index in [1.165, 1.54) is 12.8 Å². The summed E-state index contributed by atoms with van der Waals surface area (Å²) in [6, 6.07) is 0. The third kappa shape index (κ3) is 1.51. The molecule has 14 heavy (non-hydrogen) atoms. The molecule has 2 N–H and O–H groups in total. The summed E-state index contributed by atoms with van der Waals surface area (Å²) in [7, 11) is 0. The molecule has 0 amide bonds. The number of allylic oxidation sites excluding steroid dienone is 2. The van der Waals surface area contributed by atoms with Gasteiger partial charge in [0.2, 0.25) is 0 Å². The summed E-state index contributed by atoms with van der Waals surface area (Å²) in [4.78, 5) is 0. The minimum absolute atomic E-state index is 0.208. The lowest BCUT2D eigenvalue weighted by Gasteiger charge is -2.49. The van der Waals surface area contributed by atoms with Gasteiger partial charge in [0.1, 0.15) is 0 Å². The van der Waals surface area contributed by atoms with Crippen LogP contribution in [0.3, 0.4) is 0 Å². The van der Waals surface area contributed by atoms with Crippen LogP contribution in [-0.4, -0.2) is 22.4 Å². The lowest BCUT2D eigenvalue weighted by Crippen LogP contribution is -2.49. The van der Waals surface area contributed by atoms with Gasteiger partial charge >= 0.3 is 0 Å². The molecule has 3 rings (SSSR count). The van der Waals surface area contributed by atoms with Gasteiger partial charge in [0.15, 0.2) is 0 Å². The van der Waals surface area contributed by atoms with Gasteiger partial charge in [-0.3, -0.25) is 0 Å². The summed E-state index contributed by atoms with van der Waals surface area (Å²) < 4.78 is 0. The highest BCUT2D eigenvalue weighted by Gasteiger charge is 2.46. The molecule has 0 aromatic carbocycles. The summed E-state index contributed by atoms with van der Waals surface area (Å²) in [5.41, 5.74) is -0.665. The van der Waals surface area contributed by atoms with Gasteiger partial charge in [0.05, 0.1) is 5.60 Å². The van der Waals surface area contributed by atoms with Gasteiger partial charge in [0, 0.05) is 6.61 Å². The standard InChI is InChI=1S/C12H20O2/c1-12(2,14)11-9-5-3-8(4-6-9)10(11)7-13/h3,5,8-11,13-14H,4,6-7H2,1-2H3/t8-,9+,10-,11+/m0/s1. The molecule has 2 nitrogen and oxygen atoms in total. The fraction of sp³-hybridized carbons (Fsp3) is 0.833. The smallest absolute Gasteiger partial charge is 0.0629 e. The largest absolute Gasteiger partial charge is 0.396 e. The highest BCUT2D eigenvalue weighted by Crippen LogP contribution is 2.48. The van der Waals surface area contributed by atoms with Crippen LogP contribution < -0.4 is 0 Å². The van der Waals surface area contributed by atoms with E-state index in [9.17, 15) is 10.2 Å². The van der Waals surface area contributed by atoms with Crippen LogP contribution in [0.15, 0.2) is 12.2 Å². The van der Waals surface area contributed by atoms with Gasteiger partial charge in [-0.15, -0.1) is 0 Å². The predicted molar refractivity (Wildman–Crippen MR) is 55.7 cm³/mol. The van der Waals surface area contributed by atoms with Gasteiger partial charge in [-0.1, -0.05) is 12.2 Å². The first-order chi connectivity index (χ1) is 6.54. The summed E-state index contributed by atoms with van der Waals surface area (Å²) in [5.74, 6) is 1.45. The maximum Gasteiger partial charge on any atom is 0.0629 e. The Hall–Kier alpha value is -0.340. The van der Waals surface area contributed by atoms with E-state index in [2.05, 4.69) is 12.2 Å². The normalized spacial score (nSPS) is 41.7. The van der Waals surface area contributed by atoms with Crippen molar-refractivity contribution < 1.29 is 10.2 Å². The minimum Gasteiger partial charge on any atom is -0.396 e. The van der Waals surface area contributed by atoms with E-state index >= 15 is 0 Å². The third-order valence-corrected chi connectivity index (χ3v) is 3.94. The van der Waals surface area contributed by atoms with E-state index in [-0.39, 0.29) is 18.4 Å². The van der Waals surface area contributed by atoms with Gasteiger partial charge in [-0.2, -0.15) is 0 Å². The molecule has 0 saturated heterocycles. The van der Waals surface area contributed by atoms with E-state index < -0.39 is 5.60 Å². The fourth-order valence-corrected chi connectivity index (χ4v) is 3.40. The number of hydrogen-bond donors (Lipinski definition) is 2. The zero-order valence-electron chi connectivity index (χ0n) is 8.98. The molecule has 2 heteroatoms. The van der Waals surface area contributed by atoms with Crippen LogP contribution in [0.2, 0.25) is 0 Å². The predicted octanol–water partition coefficient (Wildman–Crippen LogP) is 1.58. The minimum atomic E-state index is -0.665. The second kappa shape index (κ2) is 3.35. The second-order valence-corrected chi connectivity index (χ2v) is 5.32. The zero-order chi connectivity index (χ0) is 10.3. The highest BCUT2D eigenvalue weighted by atomic mass is 16.3. The Morgan fingerprint density at radius 1 is 1.21 bits per heavy atom. The van der Waals surface area contributed by atoms with Crippen molar-refractivity contribution in [2.24, 2.45) is 23.7 Å². The number of hydrogen-bond acceptors (Lipinski definition) is 2. The Kier molecular flexibility index (Phi) is 2.44. The molecule has 80 valence electrons. The Morgan fingerprint density at radius 3 is 2.14 bits per heavy atom. The number of fused-ring (bicyclic) bond motifs is 2. The van der Waals surface area contributed by atoms with E-state index in [1.54, 1.807) is 0 Å². The first kappa shape index (κ1) is 10.2. The van der Waals surface area contributed by atoms with Crippen LogP contribution in [0.4, 0.5) is 0 Å². The van der Waals surface area contributed by atoms with Crippen molar-refractivity contribution in [3.63, 3.8) is 0 Å². The summed E-state index contributed by atoms with van der Waals surface area (Å²) in [5, 5.41) is 19.5. The van der Waals surface area contributed by atoms with Crippen LogP contribution in [0.5, 0.6) is 0 Å². The molecule has 3 aliphatic rings. The van der Waals surface area contributed by atoms with E-state index in [4.69, 9.17) is 0 Å². The van der Waals surface area contributed by atoms with Crippen molar-refractivity contribution in [3.8, 4) is 0 Å². The van der Waals surface area contributed by atoms with Crippen LogP contribution in [0, 0.1) is 23.7 Å². The molecule has 0 radical (unpaired) electrons. The number of rotatable bonds is 2. The quantitative estimate of drug-likeness (QED) is 0.658. The van der Waals surface area contributed by atoms with Crippen molar-refractivity contribution >= 4 is 0 Å². The topological polar surface area (TPSA) is 40.5 Å². The monoisotopic (exact) mass is 196 g/mol. The SMILES string of the molecule is CC(C)(O)[C@H]1[C@@H](CO)[C@H]2C=C[C@@H]1CC2. The molecule has 0 aliphatic heterocycles. The van der Waals surface area contributed by atoms with Crippen LogP contribution in [0.25, 0.3) is 0 Å². The summed E-state index contributed by atoms with van der Waals surface area (Å²) >= 11 is 0. The second-order valence-electron chi connectivity index (χ2n) is 5.32. The highest BCUT2D eigenvalue weighted by molar-refractivity contribution is 5.12. The lowest BCUT2D eigenvalue weighted by molar-refractivity contribution is -0.0770. The molecule has 3 aliphatic carbocycles. The first-order valence-corrected chi connectivity index (χ1v) is 5.55. The zero-order valence-corrected chi connectivity index (χ0v) is 8.98. The molecule has 0 aromatic heterocycles.